The molecule has 2 atom stereocenters. The highest BCUT2D eigenvalue weighted by atomic mass is 127. The van der Waals surface area contributed by atoms with Gasteiger partial charge in [-0.3, -0.25) is 14.5 Å². The van der Waals surface area contributed by atoms with E-state index in [1.165, 1.54) is 11.8 Å². The molecule has 2 amide bonds. The number of carbonyl (C=O) groups is 3. The zero-order valence-electron chi connectivity index (χ0n) is 12.9. The summed E-state index contributed by atoms with van der Waals surface area (Å²) >= 11 is 3.20. The highest BCUT2D eigenvalue weighted by Crippen LogP contribution is 2.49. The Hall–Kier alpha value is -1.59. The predicted molar refractivity (Wildman–Crippen MR) is 99.9 cm³/mol. The Bertz CT molecular complexity index is 769. The first-order valence-corrected chi connectivity index (χ1v) is 9.56. The molecule has 3 rings (SSSR count). The van der Waals surface area contributed by atoms with Crippen molar-refractivity contribution in [1.29, 1.82) is 0 Å². The summed E-state index contributed by atoms with van der Waals surface area (Å²) in [6.45, 7) is -0.417. The largest absolute Gasteiger partial charge is 0.477 e. The highest BCUT2D eigenvalue weighted by molar-refractivity contribution is 14.1. The average molecular weight is 474 g/mol. The second-order valence-corrected chi connectivity index (χ2v) is 8.45. The molecule has 1 aromatic rings. The molecule has 3 N–H and O–H groups in total. The summed E-state index contributed by atoms with van der Waals surface area (Å²) in [6.07, 6.45) is 0.139. The quantitative estimate of drug-likeness (QED) is 0.252. The molecular weight excluding hydrogens is 459 g/mol. The van der Waals surface area contributed by atoms with E-state index in [0.29, 0.717) is 11.3 Å². The summed E-state index contributed by atoms with van der Waals surface area (Å²) in [5, 5.41) is 20.9. The molecule has 25 heavy (non-hydrogen) atoms. The Morgan fingerprint density at radius 1 is 1.36 bits per heavy atom. The van der Waals surface area contributed by atoms with Crippen molar-refractivity contribution in [2.45, 2.75) is 15.3 Å². The summed E-state index contributed by atoms with van der Waals surface area (Å²) in [4.78, 5) is 37.5. The number of halogens is 1. The van der Waals surface area contributed by atoms with E-state index in [2.05, 4.69) is 5.32 Å². The van der Waals surface area contributed by atoms with Crippen LogP contribution < -0.4 is 5.32 Å². The molecule has 0 unspecified atom stereocenters. The normalized spacial score (nSPS) is 25.3. The fourth-order valence-electron chi connectivity index (χ4n) is 2.84. The van der Waals surface area contributed by atoms with Crippen LogP contribution in [0.4, 0.5) is 0 Å². The molecule has 132 valence electrons. The third kappa shape index (κ3) is 3.15. The number of nitrogens with one attached hydrogen (secondary N) is 1. The third-order valence-electron chi connectivity index (χ3n) is 4.02. The van der Waals surface area contributed by atoms with E-state index >= 15 is 0 Å². The Labute approximate surface area is 161 Å². The molecule has 0 spiro atoms. The van der Waals surface area contributed by atoms with Gasteiger partial charge in [-0.15, -0.1) is 11.8 Å². The van der Waals surface area contributed by atoms with Crippen molar-refractivity contribution in [3.8, 4) is 0 Å². The van der Waals surface area contributed by atoms with Crippen LogP contribution in [-0.2, 0) is 20.8 Å². The van der Waals surface area contributed by atoms with Gasteiger partial charge in [0.15, 0.2) is 0 Å². The standard InChI is InChI=1S/C16H15IN2O5S/c17-16(18-11(21)6-9-4-2-1-3-5-9)14(24)19-12(13(22)23)10(7-20)8-25-15(16)19/h1-5,15,20H,6-8H2,(H,18,21)(H,22,23)/t15-,16-/m1/s1. The number of fused-ring (bicyclic) bond motifs is 1. The van der Waals surface area contributed by atoms with E-state index in [0.717, 1.165) is 10.5 Å². The van der Waals surface area contributed by atoms with Crippen molar-refractivity contribution in [2.24, 2.45) is 0 Å². The minimum absolute atomic E-state index is 0.139. The number of thioether (sulfide) groups is 1. The van der Waals surface area contributed by atoms with Crippen molar-refractivity contribution >= 4 is 52.1 Å². The van der Waals surface area contributed by atoms with Gasteiger partial charge in [-0.2, -0.15) is 0 Å². The number of amides is 2. The molecule has 1 fully saturated rings. The van der Waals surface area contributed by atoms with E-state index in [1.807, 2.05) is 52.9 Å². The van der Waals surface area contributed by atoms with E-state index in [-0.39, 0.29) is 18.0 Å². The van der Waals surface area contributed by atoms with Crippen LogP contribution in [-0.4, -0.2) is 54.2 Å². The first kappa shape index (κ1) is 18.2. The molecule has 1 aromatic carbocycles. The van der Waals surface area contributed by atoms with E-state index < -0.39 is 27.4 Å². The van der Waals surface area contributed by atoms with Crippen LogP contribution in [0.3, 0.4) is 0 Å². The molecule has 7 nitrogen and oxygen atoms in total. The van der Waals surface area contributed by atoms with Gasteiger partial charge in [0.2, 0.25) is 9.45 Å². The SMILES string of the molecule is O=C(Cc1ccccc1)N[C@]1(I)C(=O)N2C(C(=O)O)=C(CO)CS[C@@H]21. The summed E-state index contributed by atoms with van der Waals surface area (Å²) in [5.74, 6) is -1.75. The summed E-state index contributed by atoms with van der Waals surface area (Å²) in [7, 11) is 0. The molecule has 0 radical (unpaired) electrons. The lowest BCUT2D eigenvalue weighted by Crippen LogP contribution is -2.76. The summed E-state index contributed by atoms with van der Waals surface area (Å²) < 4.78 is -1.18. The van der Waals surface area contributed by atoms with Crippen molar-refractivity contribution < 1.29 is 24.6 Å². The van der Waals surface area contributed by atoms with Crippen molar-refractivity contribution in [2.75, 3.05) is 12.4 Å². The summed E-state index contributed by atoms with van der Waals surface area (Å²) in [6, 6.07) is 9.16. The molecule has 2 aliphatic rings. The molecule has 0 aliphatic carbocycles. The maximum atomic E-state index is 12.6. The number of alkyl halides is 1. The Balaban J connectivity index is 1.76. The van der Waals surface area contributed by atoms with Crippen LogP contribution in [0.25, 0.3) is 0 Å². The number of carbonyl (C=O) groups excluding carboxylic acids is 2. The lowest BCUT2D eigenvalue weighted by molar-refractivity contribution is -0.151. The van der Waals surface area contributed by atoms with Gasteiger partial charge in [-0.1, -0.05) is 30.3 Å². The highest BCUT2D eigenvalue weighted by Gasteiger charge is 2.64. The number of hydrogen-bond donors (Lipinski definition) is 3. The zero-order chi connectivity index (χ0) is 18.2. The third-order valence-corrected chi connectivity index (χ3v) is 7.16. The number of aliphatic carboxylic acids is 1. The van der Waals surface area contributed by atoms with Gasteiger partial charge in [0.25, 0.3) is 5.91 Å². The second kappa shape index (κ2) is 6.96. The second-order valence-electron chi connectivity index (χ2n) is 5.68. The average Bonchev–Trinajstić information content (AvgIpc) is 2.60. The van der Waals surface area contributed by atoms with Gasteiger partial charge < -0.3 is 15.5 Å². The fraction of sp³-hybridized carbons (Fsp3) is 0.312. The Morgan fingerprint density at radius 2 is 2.04 bits per heavy atom. The number of aliphatic hydroxyl groups excluding tert-OH is 1. The van der Waals surface area contributed by atoms with Crippen LogP contribution in [0.2, 0.25) is 0 Å². The first-order valence-electron chi connectivity index (χ1n) is 7.43. The molecular formula is C16H15IN2O5S. The number of benzene rings is 1. The number of β-lactam (4-membered cyclic amide) rings is 1. The molecule has 0 bridgehead atoms. The van der Waals surface area contributed by atoms with E-state index in [9.17, 15) is 24.6 Å². The molecule has 1 saturated heterocycles. The van der Waals surface area contributed by atoms with Crippen molar-refractivity contribution in [3.05, 3.63) is 47.2 Å². The van der Waals surface area contributed by atoms with Crippen LogP contribution in [0.15, 0.2) is 41.6 Å². The van der Waals surface area contributed by atoms with Crippen molar-refractivity contribution in [3.63, 3.8) is 0 Å². The Kier molecular flexibility index (Phi) is 5.07. The van der Waals surface area contributed by atoms with Gasteiger partial charge in [-0.05, 0) is 33.7 Å². The monoisotopic (exact) mass is 474 g/mol. The van der Waals surface area contributed by atoms with Gasteiger partial charge in [-0.25, -0.2) is 4.79 Å². The van der Waals surface area contributed by atoms with Gasteiger partial charge in [0.1, 0.15) is 11.1 Å². The molecule has 0 saturated carbocycles. The number of carboxylic acids is 1. The van der Waals surface area contributed by atoms with Crippen LogP contribution >= 0.6 is 34.4 Å². The lowest BCUT2D eigenvalue weighted by Gasteiger charge is -2.54. The van der Waals surface area contributed by atoms with Crippen molar-refractivity contribution in [1.82, 2.24) is 10.2 Å². The van der Waals surface area contributed by atoms with E-state index in [1.54, 1.807) is 0 Å². The topological polar surface area (TPSA) is 107 Å². The minimum atomic E-state index is -1.25. The molecule has 9 heteroatoms. The van der Waals surface area contributed by atoms with Crippen LogP contribution in [0, 0.1) is 0 Å². The number of nitrogens with zero attached hydrogens (tertiary/aromatic N) is 1. The molecule has 2 heterocycles. The zero-order valence-corrected chi connectivity index (χ0v) is 15.9. The molecule has 0 aromatic heterocycles. The van der Waals surface area contributed by atoms with E-state index in [4.69, 9.17) is 0 Å². The first-order chi connectivity index (χ1) is 11.9. The number of aliphatic hydroxyl groups is 1. The van der Waals surface area contributed by atoms with Gasteiger partial charge in [0, 0.05) is 5.75 Å². The molecule has 2 aliphatic heterocycles. The van der Waals surface area contributed by atoms with Crippen LogP contribution in [0.5, 0.6) is 0 Å². The fourth-order valence-corrected chi connectivity index (χ4v) is 5.55. The number of hydrogen-bond acceptors (Lipinski definition) is 5. The predicted octanol–water partition coefficient (Wildman–Crippen LogP) is 0.723. The minimum Gasteiger partial charge on any atom is -0.477 e. The van der Waals surface area contributed by atoms with Crippen LogP contribution in [0.1, 0.15) is 5.56 Å². The smallest absolute Gasteiger partial charge is 0.352 e. The lowest BCUT2D eigenvalue weighted by atomic mass is 10.0. The Morgan fingerprint density at radius 3 is 2.64 bits per heavy atom. The number of rotatable bonds is 5. The maximum absolute atomic E-state index is 12.6. The number of carboxylic acid groups (broad SMARTS) is 1. The summed E-state index contributed by atoms with van der Waals surface area (Å²) in [5.41, 5.74) is 0.950. The van der Waals surface area contributed by atoms with Gasteiger partial charge >= 0.3 is 5.97 Å². The maximum Gasteiger partial charge on any atom is 0.352 e. The van der Waals surface area contributed by atoms with Gasteiger partial charge in [0.05, 0.1) is 13.0 Å².